The van der Waals surface area contributed by atoms with Crippen molar-refractivity contribution in [2.75, 3.05) is 13.1 Å². The number of aromatic nitrogens is 1. The highest BCUT2D eigenvalue weighted by Gasteiger charge is 2.37. The van der Waals surface area contributed by atoms with Crippen LogP contribution >= 0.6 is 0 Å². The Balaban J connectivity index is 1.73. The van der Waals surface area contributed by atoms with Crippen molar-refractivity contribution < 1.29 is 19.1 Å². The summed E-state index contributed by atoms with van der Waals surface area (Å²) in [4.78, 5) is 28.3. The number of carbonyl (C=O) groups excluding carboxylic acids is 1. The van der Waals surface area contributed by atoms with Crippen LogP contribution in [0.2, 0.25) is 0 Å². The van der Waals surface area contributed by atoms with Crippen LogP contribution < -0.4 is 5.32 Å². The molecule has 2 heterocycles. The number of carboxylic acids is 1. The van der Waals surface area contributed by atoms with Crippen LogP contribution in [-0.2, 0) is 17.8 Å². The molecular formula is C13H19N3O4. The molecule has 0 saturated carbocycles. The zero-order valence-electron chi connectivity index (χ0n) is 11.6. The summed E-state index contributed by atoms with van der Waals surface area (Å²) >= 11 is 0. The highest BCUT2D eigenvalue weighted by molar-refractivity contribution is 5.76. The van der Waals surface area contributed by atoms with Crippen molar-refractivity contribution in [2.24, 2.45) is 11.8 Å². The van der Waals surface area contributed by atoms with E-state index in [0.717, 1.165) is 12.2 Å². The fourth-order valence-electron chi connectivity index (χ4n) is 2.05. The summed E-state index contributed by atoms with van der Waals surface area (Å²) in [7, 11) is 0. The standard InChI is InChI=1S/C13H19N3O4/c1-3-10-4-14-11(20-10)5-15-13(19)16-6-9(7-16)8(2)12(17)18/h4,8-9H,3,5-7H2,1-2H3,(H,15,19)(H,17,18). The first-order valence-corrected chi connectivity index (χ1v) is 6.70. The van der Waals surface area contributed by atoms with Crippen molar-refractivity contribution in [3.8, 4) is 0 Å². The molecule has 1 atom stereocenters. The van der Waals surface area contributed by atoms with Gasteiger partial charge in [-0.3, -0.25) is 4.79 Å². The van der Waals surface area contributed by atoms with Crippen LogP contribution in [0.15, 0.2) is 10.6 Å². The third kappa shape index (κ3) is 3.09. The fourth-order valence-corrected chi connectivity index (χ4v) is 2.05. The third-order valence-corrected chi connectivity index (χ3v) is 3.63. The number of hydrogen-bond donors (Lipinski definition) is 2. The van der Waals surface area contributed by atoms with Crippen molar-refractivity contribution in [3.05, 3.63) is 17.8 Å². The monoisotopic (exact) mass is 281 g/mol. The first-order valence-electron chi connectivity index (χ1n) is 6.70. The van der Waals surface area contributed by atoms with Gasteiger partial charge in [0.25, 0.3) is 0 Å². The molecule has 1 saturated heterocycles. The van der Waals surface area contributed by atoms with Gasteiger partial charge in [0.15, 0.2) is 0 Å². The number of aliphatic carboxylic acids is 1. The molecule has 2 N–H and O–H groups in total. The van der Waals surface area contributed by atoms with Crippen molar-refractivity contribution in [1.29, 1.82) is 0 Å². The smallest absolute Gasteiger partial charge is 0.317 e. The number of urea groups is 1. The van der Waals surface area contributed by atoms with Gasteiger partial charge in [-0.2, -0.15) is 0 Å². The van der Waals surface area contributed by atoms with Gasteiger partial charge < -0.3 is 19.7 Å². The van der Waals surface area contributed by atoms with Gasteiger partial charge in [0.05, 0.1) is 18.7 Å². The summed E-state index contributed by atoms with van der Waals surface area (Å²) < 4.78 is 5.38. The largest absolute Gasteiger partial charge is 0.481 e. The minimum absolute atomic E-state index is 0.0340. The molecule has 0 radical (unpaired) electrons. The lowest BCUT2D eigenvalue weighted by molar-refractivity contribution is -0.144. The molecule has 1 unspecified atom stereocenters. The number of oxazole rings is 1. The predicted octanol–water partition coefficient (Wildman–Crippen LogP) is 1.10. The lowest BCUT2D eigenvalue weighted by atomic mass is 9.87. The van der Waals surface area contributed by atoms with Crippen LogP contribution in [-0.4, -0.2) is 40.1 Å². The molecule has 1 aromatic rings. The number of carboxylic acid groups (broad SMARTS) is 1. The number of amides is 2. The highest BCUT2D eigenvalue weighted by atomic mass is 16.4. The maximum absolute atomic E-state index is 11.8. The summed E-state index contributed by atoms with van der Waals surface area (Å²) in [6.07, 6.45) is 2.41. The lowest BCUT2D eigenvalue weighted by Gasteiger charge is -2.40. The molecule has 110 valence electrons. The third-order valence-electron chi connectivity index (χ3n) is 3.63. The van der Waals surface area contributed by atoms with Gasteiger partial charge >= 0.3 is 12.0 Å². The molecule has 2 rings (SSSR count). The van der Waals surface area contributed by atoms with Crippen LogP contribution in [0.3, 0.4) is 0 Å². The van der Waals surface area contributed by atoms with E-state index in [1.54, 1.807) is 18.0 Å². The Morgan fingerprint density at radius 1 is 1.60 bits per heavy atom. The van der Waals surface area contributed by atoms with E-state index in [9.17, 15) is 9.59 Å². The van der Waals surface area contributed by atoms with Crippen molar-refractivity contribution in [1.82, 2.24) is 15.2 Å². The molecule has 0 spiro atoms. The fraction of sp³-hybridized carbons (Fsp3) is 0.615. The van der Waals surface area contributed by atoms with E-state index in [2.05, 4.69) is 10.3 Å². The number of nitrogens with zero attached hydrogens (tertiary/aromatic N) is 2. The van der Waals surface area contributed by atoms with E-state index in [1.807, 2.05) is 6.92 Å². The Morgan fingerprint density at radius 2 is 2.30 bits per heavy atom. The molecular weight excluding hydrogens is 262 g/mol. The van der Waals surface area contributed by atoms with Gasteiger partial charge in [-0.15, -0.1) is 0 Å². The van der Waals surface area contributed by atoms with E-state index >= 15 is 0 Å². The SMILES string of the molecule is CCc1cnc(CNC(=O)N2CC(C(C)C(=O)O)C2)o1. The minimum atomic E-state index is -0.818. The quantitative estimate of drug-likeness (QED) is 0.842. The Kier molecular flexibility index (Phi) is 4.26. The van der Waals surface area contributed by atoms with Crippen LogP contribution in [0.1, 0.15) is 25.5 Å². The number of nitrogens with one attached hydrogen (secondary N) is 1. The van der Waals surface area contributed by atoms with Crippen molar-refractivity contribution in [3.63, 3.8) is 0 Å². The molecule has 20 heavy (non-hydrogen) atoms. The molecule has 1 aliphatic rings. The Hall–Kier alpha value is -2.05. The second-order valence-corrected chi connectivity index (χ2v) is 5.02. The van der Waals surface area contributed by atoms with Gasteiger partial charge in [-0.25, -0.2) is 9.78 Å². The molecule has 2 amide bonds. The second kappa shape index (κ2) is 5.94. The zero-order chi connectivity index (χ0) is 14.7. The average molecular weight is 281 g/mol. The summed E-state index contributed by atoms with van der Waals surface area (Å²) in [6, 6.07) is -0.213. The molecule has 7 nitrogen and oxygen atoms in total. The van der Waals surface area contributed by atoms with E-state index in [1.165, 1.54) is 0 Å². The van der Waals surface area contributed by atoms with Gasteiger partial charge in [0.2, 0.25) is 5.89 Å². The number of aryl methyl sites for hydroxylation is 1. The summed E-state index contributed by atoms with van der Waals surface area (Å²) in [5.41, 5.74) is 0. The van der Waals surface area contributed by atoms with E-state index in [4.69, 9.17) is 9.52 Å². The summed E-state index contributed by atoms with van der Waals surface area (Å²) in [6.45, 7) is 4.83. The first-order chi connectivity index (χ1) is 9.51. The topological polar surface area (TPSA) is 95.7 Å². The Labute approximate surface area is 117 Å². The molecule has 1 aromatic heterocycles. The van der Waals surface area contributed by atoms with Crippen LogP contribution in [0.5, 0.6) is 0 Å². The van der Waals surface area contributed by atoms with Crippen LogP contribution in [0.4, 0.5) is 4.79 Å². The zero-order valence-corrected chi connectivity index (χ0v) is 11.6. The van der Waals surface area contributed by atoms with Gasteiger partial charge in [-0.05, 0) is 0 Å². The number of hydrogen-bond acceptors (Lipinski definition) is 4. The Morgan fingerprint density at radius 3 is 2.85 bits per heavy atom. The van der Waals surface area contributed by atoms with Gasteiger partial charge in [0, 0.05) is 25.4 Å². The molecule has 1 aliphatic heterocycles. The second-order valence-electron chi connectivity index (χ2n) is 5.02. The Bertz CT molecular complexity index is 494. The number of likely N-dealkylation sites (tertiary alicyclic amines) is 1. The van der Waals surface area contributed by atoms with Gasteiger partial charge in [0.1, 0.15) is 5.76 Å². The maximum Gasteiger partial charge on any atom is 0.317 e. The minimum Gasteiger partial charge on any atom is -0.481 e. The predicted molar refractivity (Wildman–Crippen MR) is 70.0 cm³/mol. The number of rotatable bonds is 5. The van der Waals surface area contributed by atoms with Crippen molar-refractivity contribution in [2.45, 2.75) is 26.8 Å². The van der Waals surface area contributed by atoms with Crippen molar-refractivity contribution >= 4 is 12.0 Å². The normalized spacial score (nSPS) is 16.6. The van der Waals surface area contributed by atoms with E-state index < -0.39 is 11.9 Å². The summed E-state index contributed by atoms with van der Waals surface area (Å²) in [5.74, 6) is 0.0613. The van der Waals surface area contributed by atoms with E-state index in [0.29, 0.717) is 19.0 Å². The van der Waals surface area contributed by atoms with E-state index in [-0.39, 0.29) is 18.5 Å². The molecule has 1 fully saturated rings. The highest BCUT2D eigenvalue weighted by Crippen LogP contribution is 2.23. The average Bonchev–Trinajstić information content (AvgIpc) is 2.82. The van der Waals surface area contributed by atoms with Crippen LogP contribution in [0.25, 0.3) is 0 Å². The van der Waals surface area contributed by atoms with Crippen LogP contribution in [0, 0.1) is 11.8 Å². The molecule has 7 heteroatoms. The lowest BCUT2D eigenvalue weighted by Crippen LogP contribution is -2.56. The van der Waals surface area contributed by atoms with Gasteiger partial charge in [-0.1, -0.05) is 13.8 Å². The molecule has 0 bridgehead atoms. The molecule has 0 aromatic carbocycles. The summed E-state index contributed by atoms with van der Waals surface area (Å²) in [5, 5.41) is 11.6. The maximum atomic E-state index is 11.8. The number of carbonyl (C=O) groups is 2. The molecule has 0 aliphatic carbocycles. The first kappa shape index (κ1) is 14.4.